The molecule has 1 aliphatic carbocycles. The van der Waals surface area contributed by atoms with Crippen LogP contribution in [0, 0.1) is 11.7 Å². The Balaban J connectivity index is 1.31. The van der Waals surface area contributed by atoms with E-state index in [1.807, 2.05) is 6.07 Å². The van der Waals surface area contributed by atoms with Crippen LogP contribution in [-0.4, -0.2) is 0 Å². The van der Waals surface area contributed by atoms with Crippen molar-refractivity contribution in [3.63, 3.8) is 0 Å². The van der Waals surface area contributed by atoms with Crippen molar-refractivity contribution in [3.8, 4) is 11.1 Å². The summed E-state index contributed by atoms with van der Waals surface area (Å²) in [5.41, 5.74) is 6.09. The lowest BCUT2D eigenvalue weighted by Crippen LogP contribution is -2.13. The molecule has 0 bridgehead atoms. The molecule has 1 aliphatic rings. The summed E-state index contributed by atoms with van der Waals surface area (Å²) < 4.78 is 13.7. The standard InChI is InChI=1S/C29H32ClF/c1-2-3-21-6-12-24(13-7-21)25-14-8-22(9-15-25)4-5-23-10-16-26(17-11-23)27-18-19-28(30)29(31)20-27/h8-11,14-21,24H,2-7,12-13H2,1H3/t21-,24-. The van der Waals surface area contributed by atoms with Crippen molar-refractivity contribution in [3.05, 3.63) is 94.3 Å². The molecule has 1 fully saturated rings. The van der Waals surface area contributed by atoms with E-state index in [-0.39, 0.29) is 10.8 Å². The summed E-state index contributed by atoms with van der Waals surface area (Å²) in [4.78, 5) is 0. The molecular weight excluding hydrogens is 403 g/mol. The van der Waals surface area contributed by atoms with Gasteiger partial charge in [0.25, 0.3) is 0 Å². The van der Waals surface area contributed by atoms with Crippen LogP contribution in [0.5, 0.6) is 0 Å². The molecule has 0 nitrogen and oxygen atoms in total. The third kappa shape index (κ3) is 5.77. The fraction of sp³-hybridized carbons (Fsp3) is 0.379. The van der Waals surface area contributed by atoms with E-state index in [2.05, 4.69) is 55.5 Å². The fourth-order valence-corrected chi connectivity index (χ4v) is 5.09. The Labute approximate surface area is 191 Å². The Morgan fingerprint density at radius 3 is 1.94 bits per heavy atom. The normalized spacial score (nSPS) is 18.8. The zero-order chi connectivity index (χ0) is 21.6. The Morgan fingerprint density at radius 2 is 1.35 bits per heavy atom. The maximum Gasteiger partial charge on any atom is 0.142 e. The largest absolute Gasteiger partial charge is 0.205 e. The third-order valence-corrected chi connectivity index (χ3v) is 7.21. The van der Waals surface area contributed by atoms with Crippen molar-refractivity contribution in [2.24, 2.45) is 5.92 Å². The Bertz CT molecular complexity index is 967. The molecule has 0 atom stereocenters. The second-order valence-electron chi connectivity index (χ2n) is 9.07. The van der Waals surface area contributed by atoms with E-state index in [1.54, 1.807) is 6.07 Å². The van der Waals surface area contributed by atoms with Gasteiger partial charge in [-0.25, -0.2) is 4.39 Å². The Morgan fingerprint density at radius 1 is 0.774 bits per heavy atom. The molecule has 3 aromatic carbocycles. The van der Waals surface area contributed by atoms with Gasteiger partial charge >= 0.3 is 0 Å². The van der Waals surface area contributed by atoms with Gasteiger partial charge in [0.1, 0.15) is 5.82 Å². The van der Waals surface area contributed by atoms with E-state index in [0.717, 1.165) is 35.8 Å². The summed E-state index contributed by atoms with van der Waals surface area (Å²) in [6, 6.07) is 22.7. The molecular formula is C29H32ClF. The predicted molar refractivity (Wildman–Crippen MR) is 130 cm³/mol. The van der Waals surface area contributed by atoms with Crippen molar-refractivity contribution in [1.29, 1.82) is 0 Å². The molecule has 0 unspecified atom stereocenters. The molecule has 31 heavy (non-hydrogen) atoms. The summed E-state index contributed by atoms with van der Waals surface area (Å²) >= 11 is 5.79. The summed E-state index contributed by atoms with van der Waals surface area (Å²) in [5, 5.41) is 0.163. The van der Waals surface area contributed by atoms with Crippen molar-refractivity contribution in [2.75, 3.05) is 0 Å². The number of halogens is 2. The van der Waals surface area contributed by atoms with Gasteiger partial charge in [0, 0.05) is 0 Å². The highest BCUT2D eigenvalue weighted by Crippen LogP contribution is 2.37. The summed E-state index contributed by atoms with van der Waals surface area (Å²) in [5.74, 6) is 1.35. The molecule has 0 heterocycles. The summed E-state index contributed by atoms with van der Waals surface area (Å²) in [6.07, 6.45) is 10.3. The lowest BCUT2D eigenvalue weighted by Gasteiger charge is -2.28. The molecule has 0 radical (unpaired) electrons. The van der Waals surface area contributed by atoms with E-state index in [4.69, 9.17) is 11.6 Å². The smallest absolute Gasteiger partial charge is 0.142 e. The molecule has 3 aromatic rings. The molecule has 0 amide bonds. The summed E-state index contributed by atoms with van der Waals surface area (Å²) in [6.45, 7) is 2.31. The lowest BCUT2D eigenvalue weighted by atomic mass is 9.77. The second-order valence-corrected chi connectivity index (χ2v) is 9.48. The molecule has 0 saturated heterocycles. The highest BCUT2D eigenvalue weighted by Gasteiger charge is 2.21. The summed E-state index contributed by atoms with van der Waals surface area (Å²) in [7, 11) is 0. The highest BCUT2D eigenvalue weighted by atomic mass is 35.5. The van der Waals surface area contributed by atoms with Crippen LogP contribution in [0.15, 0.2) is 66.7 Å². The van der Waals surface area contributed by atoms with Gasteiger partial charge in [0.15, 0.2) is 0 Å². The average Bonchev–Trinajstić information content (AvgIpc) is 2.81. The molecule has 0 spiro atoms. The van der Waals surface area contributed by atoms with Gasteiger partial charge in [-0.05, 0) is 90.3 Å². The van der Waals surface area contributed by atoms with Crippen molar-refractivity contribution in [2.45, 2.75) is 64.2 Å². The minimum atomic E-state index is -0.374. The van der Waals surface area contributed by atoms with E-state index in [0.29, 0.717) is 0 Å². The highest BCUT2D eigenvalue weighted by molar-refractivity contribution is 6.30. The van der Waals surface area contributed by atoms with E-state index in [1.165, 1.54) is 61.3 Å². The van der Waals surface area contributed by atoms with E-state index < -0.39 is 0 Å². The molecule has 0 N–H and O–H groups in total. The van der Waals surface area contributed by atoms with Crippen LogP contribution >= 0.6 is 11.6 Å². The Kier molecular flexibility index (Phi) is 7.45. The third-order valence-electron chi connectivity index (χ3n) is 6.90. The van der Waals surface area contributed by atoms with E-state index in [9.17, 15) is 4.39 Å². The van der Waals surface area contributed by atoms with Crippen molar-refractivity contribution >= 4 is 11.6 Å². The SMILES string of the molecule is CCC[C@H]1CC[C@H](c2ccc(CCc3ccc(-c4ccc(Cl)c(F)c4)cc3)cc2)CC1. The Hall–Kier alpha value is -2.12. The van der Waals surface area contributed by atoms with Gasteiger partial charge in [0.2, 0.25) is 0 Å². The first-order chi connectivity index (χ1) is 15.1. The van der Waals surface area contributed by atoms with Crippen LogP contribution < -0.4 is 0 Å². The van der Waals surface area contributed by atoms with Gasteiger partial charge in [-0.3, -0.25) is 0 Å². The van der Waals surface area contributed by atoms with Crippen LogP contribution in [0.25, 0.3) is 11.1 Å². The van der Waals surface area contributed by atoms with Crippen LogP contribution in [0.1, 0.15) is 68.1 Å². The van der Waals surface area contributed by atoms with Crippen LogP contribution in [0.2, 0.25) is 5.02 Å². The molecule has 4 rings (SSSR count). The average molecular weight is 435 g/mol. The van der Waals surface area contributed by atoms with Gasteiger partial charge in [-0.2, -0.15) is 0 Å². The first-order valence-corrected chi connectivity index (χ1v) is 12.1. The number of hydrogen-bond acceptors (Lipinski definition) is 0. The van der Waals surface area contributed by atoms with Crippen LogP contribution in [0.3, 0.4) is 0 Å². The van der Waals surface area contributed by atoms with Crippen LogP contribution in [0.4, 0.5) is 4.39 Å². The molecule has 162 valence electrons. The van der Waals surface area contributed by atoms with Gasteiger partial charge < -0.3 is 0 Å². The topological polar surface area (TPSA) is 0 Å². The maximum absolute atomic E-state index is 13.7. The minimum absolute atomic E-state index is 0.163. The monoisotopic (exact) mass is 434 g/mol. The maximum atomic E-state index is 13.7. The van der Waals surface area contributed by atoms with Gasteiger partial charge in [-0.15, -0.1) is 0 Å². The first kappa shape index (κ1) is 22.1. The van der Waals surface area contributed by atoms with Crippen molar-refractivity contribution < 1.29 is 4.39 Å². The van der Waals surface area contributed by atoms with E-state index >= 15 is 0 Å². The zero-order valence-electron chi connectivity index (χ0n) is 18.4. The molecule has 1 saturated carbocycles. The fourth-order valence-electron chi connectivity index (χ4n) is 4.98. The number of benzene rings is 3. The molecule has 0 aromatic heterocycles. The molecule has 2 heteroatoms. The minimum Gasteiger partial charge on any atom is -0.205 e. The van der Waals surface area contributed by atoms with Crippen LogP contribution in [-0.2, 0) is 12.8 Å². The van der Waals surface area contributed by atoms with Gasteiger partial charge in [0.05, 0.1) is 5.02 Å². The quantitative estimate of drug-likeness (QED) is 0.348. The van der Waals surface area contributed by atoms with Gasteiger partial charge in [-0.1, -0.05) is 86.0 Å². The number of aryl methyl sites for hydroxylation is 2. The zero-order valence-corrected chi connectivity index (χ0v) is 19.2. The second kappa shape index (κ2) is 10.5. The first-order valence-electron chi connectivity index (χ1n) is 11.8. The number of rotatable bonds is 7. The molecule has 0 aliphatic heterocycles. The predicted octanol–water partition coefficient (Wildman–Crippen LogP) is 9.01. The lowest BCUT2D eigenvalue weighted by molar-refractivity contribution is 0.308. The van der Waals surface area contributed by atoms with Crippen molar-refractivity contribution in [1.82, 2.24) is 0 Å². The number of hydrogen-bond donors (Lipinski definition) is 0.